The van der Waals surface area contributed by atoms with Crippen LogP contribution in [0.25, 0.3) is 0 Å². The molecule has 38 heavy (non-hydrogen) atoms. The largest absolute Gasteiger partial charge is 0.490 e. The highest BCUT2D eigenvalue weighted by atomic mass is 35.5. The number of anilines is 1. The highest BCUT2D eigenvalue weighted by molar-refractivity contribution is 7.89. The summed E-state index contributed by atoms with van der Waals surface area (Å²) in [6, 6.07) is 7.35. The van der Waals surface area contributed by atoms with Crippen molar-refractivity contribution in [1.29, 1.82) is 0 Å². The lowest BCUT2D eigenvalue weighted by atomic mass is 9.99. The Morgan fingerprint density at radius 1 is 1.26 bits per heavy atom. The molecule has 1 aliphatic rings. The fraction of sp³-hybridized carbons (Fsp3) is 0.524. The zero-order valence-electron chi connectivity index (χ0n) is 20.1. The van der Waals surface area contributed by atoms with Gasteiger partial charge in [0.2, 0.25) is 0 Å². The number of aromatic nitrogens is 1. The number of carboxylic acid groups (broad SMARTS) is 1. The summed E-state index contributed by atoms with van der Waals surface area (Å²) in [6.07, 6.45) is -9.39. The maximum absolute atomic E-state index is 13.1. The van der Waals surface area contributed by atoms with Crippen molar-refractivity contribution in [3.63, 3.8) is 0 Å². The van der Waals surface area contributed by atoms with Crippen LogP contribution < -0.4 is 5.32 Å². The summed E-state index contributed by atoms with van der Waals surface area (Å²) in [5.41, 5.74) is 0.914. The number of benzene rings is 1. The Bertz CT molecular complexity index is 1190. The molecule has 0 bridgehead atoms. The quantitative estimate of drug-likeness (QED) is 0.420. The highest BCUT2D eigenvalue weighted by Gasteiger charge is 2.44. The van der Waals surface area contributed by atoms with E-state index in [9.17, 15) is 34.8 Å². The third-order valence-electron chi connectivity index (χ3n) is 5.51. The van der Waals surface area contributed by atoms with E-state index in [0.717, 1.165) is 21.2 Å². The lowest BCUT2D eigenvalue weighted by Crippen LogP contribution is -2.44. The fourth-order valence-corrected chi connectivity index (χ4v) is 6.27. The number of carboxylic acids is 1. The average Bonchev–Trinajstić information content (AvgIpc) is 3.29. The Labute approximate surface area is 224 Å². The van der Waals surface area contributed by atoms with Crippen molar-refractivity contribution >= 4 is 44.1 Å². The van der Waals surface area contributed by atoms with E-state index >= 15 is 0 Å². The molecule has 2 atom stereocenters. The number of nitrogens with one attached hydrogen (secondary N) is 1. The van der Waals surface area contributed by atoms with Crippen LogP contribution in [-0.4, -0.2) is 79.8 Å². The van der Waals surface area contributed by atoms with Crippen LogP contribution >= 0.6 is 22.9 Å². The average molecular weight is 611 g/mol. The lowest BCUT2D eigenvalue weighted by Gasteiger charge is -2.32. The van der Waals surface area contributed by atoms with Crippen LogP contribution in [0.5, 0.6) is 0 Å². The molecule has 0 spiro atoms. The van der Waals surface area contributed by atoms with Crippen LogP contribution in [0, 0.1) is 5.92 Å². The Kier molecular flexibility index (Phi) is 10.8. The number of piperidine rings is 1. The molecule has 2 aromatic rings. The zero-order valence-corrected chi connectivity index (χ0v) is 22.4. The standard InChI is InChI=1S/C19H24ClF3N4O2S2.C2HF3O2/c1-26(2)16(14-7-3-4-8-15(14)20)10-24-18-25-17(12-30-18)31(28,29)27-9-5-6-13(11-27)19(21,22)23;3-2(4,5)1(6)7/h3-4,7-8,12-13,16H,5-6,9-11H2,1-2H3,(H,24,25);(H,6,7). The Hall–Kier alpha value is -2.14. The SMILES string of the molecule is CN(C)C(CNc1nc(S(=O)(=O)N2CCCC(C(F)(F)F)C2)cs1)c1ccccc1Cl.O=C(O)C(F)(F)F. The molecule has 2 heterocycles. The molecule has 0 radical (unpaired) electrons. The van der Waals surface area contributed by atoms with E-state index in [1.165, 1.54) is 5.38 Å². The summed E-state index contributed by atoms with van der Waals surface area (Å²) in [5, 5.41) is 12.4. The van der Waals surface area contributed by atoms with Crippen LogP contribution in [0.3, 0.4) is 0 Å². The van der Waals surface area contributed by atoms with Crippen molar-refractivity contribution < 1.29 is 44.7 Å². The van der Waals surface area contributed by atoms with Gasteiger partial charge in [-0.05, 0) is 38.6 Å². The third kappa shape index (κ3) is 8.69. The van der Waals surface area contributed by atoms with Gasteiger partial charge in [0.1, 0.15) is 0 Å². The minimum absolute atomic E-state index is 0.0599. The Balaban J connectivity index is 0.000000638. The van der Waals surface area contributed by atoms with Gasteiger partial charge in [-0.3, -0.25) is 0 Å². The minimum Gasteiger partial charge on any atom is -0.475 e. The maximum atomic E-state index is 13.1. The number of nitrogens with zero attached hydrogens (tertiary/aromatic N) is 3. The van der Waals surface area contributed by atoms with Crippen molar-refractivity contribution in [3.05, 3.63) is 40.2 Å². The van der Waals surface area contributed by atoms with Crippen LogP contribution in [-0.2, 0) is 14.8 Å². The first-order valence-corrected chi connectivity index (χ1v) is 13.6. The number of likely N-dealkylation sites (N-methyl/N-ethyl adjacent to an activating group) is 1. The molecule has 1 aromatic carbocycles. The smallest absolute Gasteiger partial charge is 0.475 e. The summed E-state index contributed by atoms with van der Waals surface area (Å²) in [6.45, 7) is -0.0880. The monoisotopic (exact) mass is 610 g/mol. The molecule has 1 aliphatic heterocycles. The van der Waals surface area contributed by atoms with Crippen LogP contribution in [0.15, 0.2) is 34.7 Å². The molecule has 0 saturated carbocycles. The topological polar surface area (TPSA) is 103 Å². The van der Waals surface area contributed by atoms with Gasteiger partial charge >= 0.3 is 18.3 Å². The van der Waals surface area contributed by atoms with Crippen LogP contribution in [0.2, 0.25) is 5.02 Å². The number of carbonyl (C=O) groups is 1. The van der Waals surface area contributed by atoms with E-state index in [2.05, 4.69) is 10.3 Å². The molecule has 214 valence electrons. The zero-order chi connectivity index (χ0) is 28.9. The summed E-state index contributed by atoms with van der Waals surface area (Å²) in [4.78, 5) is 15.0. The summed E-state index contributed by atoms with van der Waals surface area (Å²) < 4.78 is 97.5. The van der Waals surface area contributed by atoms with Crippen molar-refractivity contribution in [2.45, 2.75) is 36.3 Å². The first kappa shape index (κ1) is 32.1. The van der Waals surface area contributed by atoms with Crippen molar-refractivity contribution in [2.75, 3.05) is 39.0 Å². The number of aliphatic carboxylic acids is 1. The maximum Gasteiger partial charge on any atom is 0.490 e. The summed E-state index contributed by atoms with van der Waals surface area (Å²) >= 11 is 7.40. The van der Waals surface area contributed by atoms with Gasteiger partial charge in [-0.2, -0.15) is 30.6 Å². The number of alkyl halides is 6. The van der Waals surface area contributed by atoms with Gasteiger partial charge in [0, 0.05) is 30.0 Å². The number of halogens is 7. The number of rotatable bonds is 7. The molecule has 1 aromatic heterocycles. The summed E-state index contributed by atoms with van der Waals surface area (Å²) in [5.74, 6) is -4.41. The third-order valence-corrected chi connectivity index (χ3v) is 8.55. The first-order chi connectivity index (χ1) is 17.4. The van der Waals surface area contributed by atoms with Crippen LogP contribution in [0.4, 0.5) is 31.5 Å². The molecule has 1 saturated heterocycles. The van der Waals surface area contributed by atoms with E-state index in [-0.39, 0.29) is 30.5 Å². The van der Waals surface area contributed by atoms with Gasteiger partial charge in [0.25, 0.3) is 10.0 Å². The van der Waals surface area contributed by atoms with Crippen molar-refractivity contribution in [1.82, 2.24) is 14.2 Å². The van der Waals surface area contributed by atoms with Crippen LogP contribution in [0.1, 0.15) is 24.4 Å². The van der Waals surface area contributed by atoms with Gasteiger partial charge in [-0.25, -0.2) is 18.2 Å². The second-order valence-corrected chi connectivity index (χ2v) is 11.6. The van der Waals surface area contributed by atoms with Crippen molar-refractivity contribution in [3.8, 4) is 0 Å². The minimum atomic E-state index is -5.08. The second kappa shape index (κ2) is 12.8. The van der Waals surface area contributed by atoms with Gasteiger partial charge < -0.3 is 15.3 Å². The van der Waals surface area contributed by atoms with E-state index in [4.69, 9.17) is 21.5 Å². The molecular formula is C21H25ClF6N4O4S2. The first-order valence-electron chi connectivity index (χ1n) is 10.9. The Morgan fingerprint density at radius 2 is 1.87 bits per heavy atom. The normalized spacial score (nSPS) is 18.0. The molecule has 0 aliphatic carbocycles. The molecule has 3 rings (SSSR count). The molecule has 8 nitrogen and oxygen atoms in total. The van der Waals surface area contributed by atoms with E-state index in [1.54, 1.807) is 6.07 Å². The molecule has 17 heteroatoms. The lowest BCUT2D eigenvalue weighted by molar-refractivity contribution is -0.192. The molecule has 2 unspecified atom stereocenters. The number of sulfonamides is 1. The van der Waals surface area contributed by atoms with E-state index in [1.807, 2.05) is 37.2 Å². The molecular weight excluding hydrogens is 586 g/mol. The van der Waals surface area contributed by atoms with E-state index in [0.29, 0.717) is 16.7 Å². The predicted octanol–water partition coefficient (Wildman–Crippen LogP) is 5.11. The fourth-order valence-electron chi connectivity index (χ4n) is 3.52. The van der Waals surface area contributed by atoms with Crippen molar-refractivity contribution in [2.24, 2.45) is 5.92 Å². The van der Waals surface area contributed by atoms with Gasteiger partial charge in [0.15, 0.2) is 10.2 Å². The Morgan fingerprint density at radius 3 is 2.39 bits per heavy atom. The highest BCUT2D eigenvalue weighted by Crippen LogP contribution is 2.35. The predicted molar refractivity (Wildman–Crippen MR) is 130 cm³/mol. The number of thiazole rings is 1. The van der Waals surface area contributed by atoms with Gasteiger partial charge in [0.05, 0.1) is 12.0 Å². The summed E-state index contributed by atoms with van der Waals surface area (Å²) in [7, 11) is -0.280. The molecule has 0 amide bonds. The molecule has 1 fully saturated rings. The van der Waals surface area contributed by atoms with E-state index < -0.39 is 40.8 Å². The molecule has 2 N–H and O–H groups in total. The second-order valence-electron chi connectivity index (χ2n) is 8.42. The van der Waals surface area contributed by atoms with Gasteiger partial charge in [-0.15, -0.1) is 11.3 Å². The number of hydrogen-bond donors (Lipinski definition) is 2. The number of hydrogen-bond acceptors (Lipinski definition) is 7. The van der Waals surface area contributed by atoms with Gasteiger partial charge in [-0.1, -0.05) is 29.8 Å².